The summed E-state index contributed by atoms with van der Waals surface area (Å²) in [6.45, 7) is 0.327. The Morgan fingerprint density at radius 3 is 2.58 bits per heavy atom. The van der Waals surface area contributed by atoms with Crippen LogP contribution in [-0.4, -0.2) is 10.4 Å². The van der Waals surface area contributed by atoms with Gasteiger partial charge >= 0.3 is 0 Å². The molecule has 0 unspecified atom stereocenters. The lowest BCUT2D eigenvalue weighted by Crippen LogP contribution is -2.09. The third kappa shape index (κ3) is 2.27. The van der Waals surface area contributed by atoms with E-state index < -0.39 is 0 Å². The number of hydrogen-bond acceptors (Lipinski definition) is 1. The average Bonchev–Trinajstić information content (AvgIpc) is 2.84. The molecule has 94 valence electrons. The van der Waals surface area contributed by atoms with Gasteiger partial charge in [0, 0.05) is 27.7 Å². The van der Waals surface area contributed by atoms with Gasteiger partial charge in [-0.2, -0.15) is 0 Å². The quantitative estimate of drug-likeness (QED) is 0.654. The van der Waals surface area contributed by atoms with Crippen LogP contribution >= 0.6 is 11.6 Å². The van der Waals surface area contributed by atoms with E-state index in [0.29, 0.717) is 11.6 Å². The number of fused-ring (bicyclic) bond motifs is 1. The first-order chi connectivity index (χ1) is 9.25. The van der Waals surface area contributed by atoms with E-state index in [2.05, 4.69) is 0 Å². The molecule has 3 rings (SSSR count). The van der Waals surface area contributed by atoms with Crippen LogP contribution in [0.5, 0.6) is 0 Å². The summed E-state index contributed by atoms with van der Waals surface area (Å²) in [7, 11) is 0. The van der Waals surface area contributed by atoms with Crippen molar-refractivity contribution < 1.29 is 4.79 Å². The minimum Gasteiger partial charge on any atom is -0.340 e. The molecule has 0 amide bonds. The molecule has 0 spiro atoms. The number of aromatic nitrogens is 1. The summed E-state index contributed by atoms with van der Waals surface area (Å²) < 4.78 is 1.93. The number of nitrogens with zero attached hydrogens (tertiary/aromatic N) is 1. The maximum atomic E-state index is 12.2. The fourth-order valence-electron chi connectivity index (χ4n) is 2.19. The molecule has 3 aromatic rings. The first-order valence-corrected chi connectivity index (χ1v) is 6.45. The van der Waals surface area contributed by atoms with Crippen LogP contribution < -0.4 is 0 Å². The van der Waals surface area contributed by atoms with Gasteiger partial charge in [-0.1, -0.05) is 48.0 Å². The highest BCUT2D eigenvalue weighted by atomic mass is 35.5. The largest absolute Gasteiger partial charge is 0.340 e. The molecule has 0 aliphatic rings. The molecule has 0 atom stereocenters. The third-order valence-electron chi connectivity index (χ3n) is 3.17. The number of carbonyl (C=O) groups excluding carboxylic acids is 1. The van der Waals surface area contributed by atoms with Crippen molar-refractivity contribution in [3.8, 4) is 0 Å². The Bertz CT molecular complexity index is 731. The zero-order valence-corrected chi connectivity index (χ0v) is 11.0. The minimum absolute atomic E-state index is 0.0954. The molecule has 1 aromatic heterocycles. The van der Waals surface area contributed by atoms with Gasteiger partial charge in [-0.05, 0) is 18.2 Å². The Balaban J connectivity index is 1.94. The number of benzene rings is 2. The molecule has 3 heteroatoms. The summed E-state index contributed by atoms with van der Waals surface area (Å²) in [4.78, 5) is 12.2. The van der Waals surface area contributed by atoms with Crippen LogP contribution in [0.4, 0.5) is 0 Å². The van der Waals surface area contributed by atoms with Gasteiger partial charge in [0.05, 0.1) is 6.54 Å². The summed E-state index contributed by atoms with van der Waals surface area (Å²) in [5.74, 6) is 0.0954. The van der Waals surface area contributed by atoms with Crippen LogP contribution in [0.3, 0.4) is 0 Å². The SMILES string of the molecule is O=C(Cn1ccc2c(Cl)cccc21)c1ccccc1. The molecule has 0 aliphatic carbocycles. The van der Waals surface area contributed by atoms with E-state index in [1.807, 2.05) is 65.4 Å². The first kappa shape index (κ1) is 12.0. The number of halogens is 1. The van der Waals surface area contributed by atoms with Crippen molar-refractivity contribution in [3.05, 3.63) is 71.4 Å². The van der Waals surface area contributed by atoms with Gasteiger partial charge in [-0.25, -0.2) is 0 Å². The molecule has 0 radical (unpaired) electrons. The molecule has 0 saturated heterocycles. The summed E-state index contributed by atoms with van der Waals surface area (Å²) >= 11 is 6.13. The Labute approximate surface area is 116 Å². The maximum Gasteiger partial charge on any atom is 0.182 e. The predicted molar refractivity (Wildman–Crippen MR) is 77.7 cm³/mol. The normalized spacial score (nSPS) is 10.8. The van der Waals surface area contributed by atoms with Crippen molar-refractivity contribution >= 4 is 28.3 Å². The van der Waals surface area contributed by atoms with Crippen LogP contribution in [0.2, 0.25) is 5.02 Å². The molecule has 19 heavy (non-hydrogen) atoms. The fraction of sp³-hybridized carbons (Fsp3) is 0.0625. The standard InChI is InChI=1S/C16H12ClNO/c17-14-7-4-8-15-13(14)9-10-18(15)11-16(19)12-5-2-1-3-6-12/h1-10H,11H2. The topological polar surface area (TPSA) is 22.0 Å². The Morgan fingerprint density at radius 1 is 1.00 bits per heavy atom. The van der Waals surface area contributed by atoms with Gasteiger partial charge < -0.3 is 4.57 Å². The highest BCUT2D eigenvalue weighted by molar-refractivity contribution is 6.35. The summed E-state index contributed by atoms with van der Waals surface area (Å²) in [6, 6.07) is 17.0. The molecule has 0 N–H and O–H groups in total. The van der Waals surface area contributed by atoms with Crippen molar-refractivity contribution in [3.63, 3.8) is 0 Å². The summed E-state index contributed by atoms with van der Waals surface area (Å²) in [5, 5.41) is 1.69. The van der Waals surface area contributed by atoms with Crippen LogP contribution in [0.1, 0.15) is 10.4 Å². The van der Waals surface area contributed by atoms with Gasteiger partial charge in [-0.15, -0.1) is 0 Å². The van der Waals surface area contributed by atoms with Gasteiger partial charge in [0.2, 0.25) is 0 Å². The lowest BCUT2D eigenvalue weighted by molar-refractivity contribution is 0.0973. The predicted octanol–water partition coefficient (Wildman–Crippen LogP) is 4.18. The highest BCUT2D eigenvalue weighted by Gasteiger charge is 2.09. The minimum atomic E-state index is 0.0954. The van der Waals surface area contributed by atoms with Gasteiger partial charge in [0.1, 0.15) is 0 Å². The van der Waals surface area contributed by atoms with E-state index in [-0.39, 0.29) is 5.78 Å². The Kier molecular flexibility index (Phi) is 3.10. The molecule has 0 bridgehead atoms. The smallest absolute Gasteiger partial charge is 0.182 e. The second-order valence-electron chi connectivity index (χ2n) is 4.41. The molecule has 2 nitrogen and oxygen atoms in total. The zero-order valence-electron chi connectivity index (χ0n) is 10.2. The van der Waals surface area contributed by atoms with E-state index in [4.69, 9.17) is 11.6 Å². The van der Waals surface area contributed by atoms with Crippen molar-refractivity contribution in [2.24, 2.45) is 0 Å². The molecule has 0 aliphatic heterocycles. The number of carbonyl (C=O) groups is 1. The van der Waals surface area contributed by atoms with Crippen molar-refractivity contribution in [2.75, 3.05) is 0 Å². The maximum absolute atomic E-state index is 12.2. The molecule has 2 aromatic carbocycles. The van der Waals surface area contributed by atoms with Gasteiger partial charge in [-0.3, -0.25) is 4.79 Å². The zero-order chi connectivity index (χ0) is 13.2. The van der Waals surface area contributed by atoms with Gasteiger partial charge in [0.15, 0.2) is 5.78 Å². The highest BCUT2D eigenvalue weighted by Crippen LogP contribution is 2.24. The molecular formula is C16H12ClNO. The van der Waals surface area contributed by atoms with E-state index >= 15 is 0 Å². The molecular weight excluding hydrogens is 258 g/mol. The number of ketones is 1. The van der Waals surface area contributed by atoms with Crippen molar-refractivity contribution in [1.29, 1.82) is 0 Å². The first-order valence-electron chi connectivity index (χ1n) is 6.07. The van der Waals surface area contributed by atoms with Crippen LogP contribution in [0.15, 0.2) is 60.8 Å². The monoisotopic (exact) mass is 269 g/mol. The Hall–Kier alpha value is -2.06. The van der Waals surface area contributed by atoms with E-state index in [1.54, 1.807) is 0 Å². The average molecular weight is 270 g/mol. The van der Waals surface area contributed by atoms with Gasteiger partial charge in [0.25, 0.3) is 0 Å². The Morgan fingerprint density at radius 2 is 1.79 bits per heavy atom. The van der Waals surface area contributed by atoms with E-state index in [0.717, 1.165) is 16.5 Å². The van der Waals surface area contributed by atoms with Crippen LogP contribution in [-0.2, 0) is 6.54 Å². The summed E-state index contributed by atoms with van der Waals surface area (Å²) in [6.07, 6.45) is 1.90. The van der Waals surface area contributed by atoms with Crippen molar-refractivity contribution in [2.45, 2.75) is 6.54 Å². The lowest BCUT2D eigenvalue weighted by Gasteiger charge is -2.05. The number of hydrogen-bond donors (Lipinski definition) is 0. The second kappa shape index (κ2) is 4.90. The van der Waals surface area contributed by atoms with Crippen molar-refractivity contribution in [1.82, 2.24) is 4.57 Å². The molecule has 1 heterocycles. The molecule has 0 fully saturated rings. The third-order valence-corrected chi connectivity index (χ3v) is 3.50. The lowest BCUT2D eigenvalue weighted by atomic mass is 10.1. The second-order valence-corrected chi connectivity index (χ2v) is 4.81. The summed E-state index contributed by atoms with van der Waals surface area (Å²) in [5.41, 5.74) is 1.71. The van der Waals surface area contributed by atoms with E-state index in [9.17, 15) is 4.79 Å². The number of Topliss-reactive ketones (excluding diaryl/α,β-unsaturated/α-hetero) is 1. The number of rotatable bonds is 3. The fourth-order valence-corrected chi connectivity index (χ4v) is 2.43. The van der Waals surface area contributed by atoms with Crippen LogP contribution in [0, 0.1) is 0 Å². The van der Waals surface area contributed by atoms with E-state index in [1.165, 1.54) is 0 Å². The van der Waals surface area contributed by atoms with Crippen LogP contribution in [0.25, 0.3) is 10.9 Å². The molecule has 0 saturated carbocycles.